The minimum absolute atomic E-state index is 0.514. The molecule has 1 heterocycles. The normalized spacial score (nSPS) is 14.8. The van der Waals surface area contributed by atoms with Crippen LogP contribution in [0.25, 0.3) is 0 Å². The molecule has 0 aliphatic heterocycles. The highest BCUT2D eigenvalue weighted by molar-refractivity contribution is 4.98. The van der Waals surface area contributed by atoms with E-state index in [0.717, 1.165) is 11.6 Å². The maximum atomic E-state index is 12.1. The van der Waals surface area contributed by atoms with Gasteiger partial charge in [-0.2, -0.15) is 18.3 Å². The third-order valence-electron chi connectivity index (χ3n) is 1.71. The van der Waals surface area contributed by atoms with Crippen molar-refractivity contribution >= 4 is 0 Å². The van der Waals surface area contributed by atoms with Gasteiger partial charge in [-0.3, -0.25) is 4.68 Å². The molecule has 2 nitrogen and oxygen atoms in total. The zero-order chi connectivity index (χ0) is 9.35. The molecule has 0 spiro atoms. The van der Waals surface area contributed by atoms with Crippen LogP contribution in [0.1, 0.15) is 18.7 Å². The second-order valence-corrected chi connectivity index (χ2v) is 2.63. The second-order valence-electron chi connectivity index (χ2n) is 2.63. The molecular formula is C7H9F3N2. The maximum absolute atomic E-state index is 12.1. The number of rotatable bonds is 1. The molecule has 0 fully saturated rings. The predicted octanol–water partition coefficient (Wildman–Crippen LogP) is 2.31. The zero-order valence-corrected chi connectivity index (χ0v) is 6.76. The van der Waals surface area contributed by atoms with Crippen molar-refractivity contribution in [2.24, 2.45) is 0 Å². The summed E-state index contributed by atoms with van der Waals surface area (Å²) < 4.78 is 37.4. The van der Waals surface area contributed by atoms with Gasteiger partial charge >= 0.3 is 6.18 Å². The van der Waals surface area contributed by atoms with Crippen molar-refractivity contribution in [3.63, 3.8) is 0 Å². The average molecular weight is 178 g/mol. The molecule has 0 unspecified atom stereocenters. The van der Waals surface area contributed by atoms with Crippen LogP contribution in [0.4, 0.5) is 13.2 Å². The van der Waals surface area contributed by atoms with Gasteiger partial charge in [-0.15, -0.1) is 0 Å². The Morgan fingerprint density at radius 1 is 1.50 bits per heavy atom. The molecule has 0 N–H and O–H groups in total. The van der Waals surface area contributed by atoms with E-state index in [1.54, 1.807) is 13.0 Å². The van der Waals surface area contributed by atoms with Crippen LogP contribution in [-0.4, -0.2) is 16.0 Å². The van der Waals surface area contributed by atoms with Crippen molar-refractivity contribution in [2.75, 3.05) is 0 Å². The summed E-state index contributed by atoms with van der Waals surface area (Å²) in [6, 6.07) is -0.00472. The summed E-state index contributed by atoms with van der Waals surface area (Å²) in [6.45, 7) is 2.68. The third-order valence-corrected chi connectivity index (χ3v) is 1.71. The van der Waals surface area contributed by atoms with Crippen LogP contribution in [0.3, 0.4) is 0 Å². The van der Waals surface area contributed by atoms with E-state index in [1.165, 1.54) is 6.20 Å². The second kappa shape index (κ2) is 2.80. The smallest absolute Gasteiger partial charge is 0.258 e. The van der Waals surface area contributed by atoms with Gasteiger partial charge in [0.15, 0.2) is 0 Å². The Kier molecular flexibility index (Phi) is 2.12. The molecule has 0 bridgehead atoms. The molecule has 1 aromatic heterocycles. The average Bonchev–Trinajstić information content (AvgIpc) is 2.31. The topological polar surface area (TPSA) is 17.8 Å². The van der Waals surface area contributed by atoms with E-state index >= 15 is 0 Å². The molecule has 0 aliphatic carbocycles. The summed E-state index contributed by atoms with van der Waals surface area (Å²) in [6.07, 6.45) is -2.87. The van der Waals surface area contributed by atoms with Gasteiger partial charge in [0, 0.05) is 11.9 Å². The molecule has 0 aromatic carbocycles. The molecular weight excluding hydrogens is 169 g/mol. The molecule has 5 heteroatoms. The van der Waals surface area contributed by atoms with Crippen LogP contribution in [0.2, 0.25) is 0 Å². The fraction of sp³-hybridized carbons (Fsp3) is 0.571. The molecule has 0 saturated carbocycles. The minimum Gasteiger partial charge on any atom is -0.258 e. The quantitative estimate of drug-likeness (QED) is 0.645. The maximum Gasteiger partial charge on any atom is 0.410 e. The Labute approximate surface area is 68.0 Å². The van der Waals surface area contributed by atoms with Gasteiger partial charge in [-0.05, 0) is 19.9 Å². The number of nitrogens with zero attached hydrogens (tertiary/aromatic N) is 2. The highest BCUT2D eigenvalue weighted by Crippen LogP contribution is 2.29. The van der Waals surface area contributed by atoms with E-state index in [-0.39, 0.29) is 0 Å². The van der Waals surface area contributed by atoms with Crippen LogP contribution in [0.15, 0.2) is 12.3 Å². The molecule has 12 heavy (non-hydrogen) atoms. The minimum atomic E-state index is -4.23. The van der Waals surface area contributed by atoms with E-state index in [9.17, 15) is 13.2 Å². The Balaban J connectivity index is 2.92. The summed E-state index contributed by atoms with van der Waals surface area (Å²) in [5.74, 6) is 0. The van der Waals surface area contributed by atoms with E-state index < -0.39 is 12.2 Å². The van der Waals surface area contributed by atoms with Crippen molar-refractivity contribution in [2.45, 2.75) is 26.1 Å². The fourth-order valence-electron chi connectivity index (χ4n) is 0.925. The lowest BCUT2D eigenvalue weighted by Gasteiger charge is -2.17. The lowest BCUT2D eigenvalue weighted by molar-refractivity contribution is -0.165. The zero-order valence-electron chi connectivity index (χ0n) is 6.76. The summed E-state index contributed by atoms with van der Waals surface area (Å²) in [5, 5.41) is 3.58. The largest absolute Gasteiger partial charge is 0.410 e. The predicted molar refractivity (Wildman–Crippen MR) is 37.7 cm³/mol. The van der Waals surface area contributed by atoms with E-state index in [2.05, 4.69) is 5.10 Å². The monoisotopic (exact) mass is 178 g/mol. The highest BCUT2D eigenvalue weighted by Gasteiger charge is 2.38. The van der Waals surface area contributed by atoms with E-state index in [1.807, 2.05) is 0 Å². The van der Waals surface area contributed by atoms with Gasteiger partial charge in [-0.25, -0.2) is 0 Å². The van der Waals surface area contributed by atoms with Gasteiger partial charge in [0.1, 0.15) is 6.04 Å². The number of hydrogen-bond donors (Lipinski definition) is 0. The van der Waals surface area contributed by atoms with Crippen LogP contribution < -0.4 is 0 Å². The molecule has 1 aromatic rings. The molecule has 1 atom stereocenters. The van der Waals surface area contributed by atoms with Crippen LogP contribution in [0.5, 0.6) is 0 Å². The lowest BCUT2D eigenvalue weighted by Crippen LogP contribution is -2.25. The first-order chi connectivity index (χ1) is 5.43. The lowest BCUT2D eigenvalue weighted by atomic mass is 10.3. The fourth-order valence-corrected chi connectivity index (χ4v) is 0.925. The Bertz CT molecular complexity index is 264. The van der Waals surface area contributed by atoms with Crippen molar-refractivity contribution in [1.29, 1.82) is 0 Å². The summed E-state index contributed by atoms with van der Waals surface area (Å²) in [4.78, 5) is 0. The van der Waals surface area contributed by atoms with Crippen molar-refractivity contribution in [3.8, 4) is 0 Å². The highest BCUT2D eigenvalue weighted by atomic mass is 19.4. The van der Waals surface area contributed by atoms with Crippen molar-refractivity contribution in [3.05, 3.63) is 18.0 Å². The van der Waals surface area contributed by atoms with Gasteiger partial charge in [0.25, 0.3) is 0 Å². The molecule has 0 radical (unpaired) electrons. The van der Waals surface area contributed by atoms with E-state index in [4.69, 9.17) is 0 Å². The Hall–Kier alpha value is -1.00. The summed E-state index contributed by atoms with van der Waals surface area (Å²) in [7, 11) is 0. The first-order valence-electron chi connectivity index (χ1n) is 3.49. The van der Waals surface area contributed by atoms with Gasteiger partial charge in [-0.1, -0.05) is 0 Å². The van der Waals surface area contributed by atoms with Gasteiger partial charge < -0.3 is 0 Å². The molecule has 1 rings (SSSR count). The van der Waals surface area contributed by atoms with E-state index in [0.29, 0.717) is 5.69 Å². The number of halogens is 3. The number of aryl methyl sites for hydroxylation is 1. The van der Waals surface area contributed by atoms with Crippen LogP contribution >= 0.6 is 0 Å². The first-order valence-corrected chi connectivity index (χ1v) is 3.49. The third kappa shape index (κ3) is 1.60. The number of aromatic nitrogens is 2. The Morgan fingerprint density at radius 2 is 2.08 bits per heavy atom. The summed E-state index contributed by atoms with van der Waals surface area (Å²) >= 11 is 0. The summed E-state index contributed by atoms with van der Waals surface area (Å²) in [5.41, 5.74) is 0.514. The molecule has 0 amide bonds. The number of hydrogen-bond acceptors (Lipinski definition) is 1. The first kappa shape index (κ1) is 9.09. The SMILES string of the molecule is Cc1ccnn1[C@@H](C)C(F)(F)F. The van der Waals surface area contributed by atoms with Gasteiger partial charge in [0.05, 0.1) is 0 Å². The van der Waals surface area contributed by atoms with Crippen LogP contribution in [-0.2, 0) is 0 Å². The van der Waals surface area contributed by atoms with Crippen LogP contribution in [0, 0.1) is 6.92 Å². The van der Waals surface area contributed by atoms with Crippen molar-refractivity contribution in [1.82, 2.24) is 9.78 Å². The molecule has 0 aliphatic rings. The Morgan fingerprint density at radius 3 is 2.42 bits per heavy atom. The molecule has 68 valence electrons. The molecule has 0 saturated heterocycles. The van der Waals surface area contributed by atoms with Gasteiger partial charge in [0.2, 0.25) is 0 Å². The van der Waals surface area contributed by atoms with Crippen molar-refractivity contribution < 1.29 is 13.2 Å². The number of alkyl halides is 3. The standard InChI is InChI=1S/C7H9F3N2/c1-5-3-4-11-12(5)6(2)7(8,9)10/h3-4,6H,1-2H3/t6-/m0/s1.